The lowest BCUT2D eigenvalue weighted by Crippen LogP contribution is -2.22. The van der Waals surface area contributed by atoms with Gasteiger partial charge in [0.25, 0.3) is 5.91 Å². The van der Waals surface area contributed by atoms with Crippen LogP contribution in [0.1, 0.15) is 34.6 Å². The van der Waals surface area contributed by atoms with Crippen LogP contribution >= 0.6 is 11.3 Å². The molecule has 112 valence electrons. The molecule has 0 radical (unpaired) electrons. The van der Waals surface area contributed by atoms with Crippen LogP contribution in [0.2, 0.25) is 0 Å². The van der Waals surface area contributed by atoms with Crippen molar-refractivity contribution in [1.82, 2.24) is 10.3 Å². The van der Waals surface area contributed by atoms with Crippen LogP contribution in [0, 0.1) is 0 Å². The minimum absolute atomic E-state index is 0.0258. The largest absolute Gasteiger partial charge is 0.396 e. The van der Waals surface area contributed by atoms with E-state index in [4.69, 9.17) is 0 Å². The molecular weight excluding hydrogens is 286 g/mol. The van der Waals surface area contributed by atoms with Gasteiger partial charge in [-0.1, -0.05) is 6.07 Å². The van der Waals surface area contributed by atoms with E-state index in [1.807, 2.05) is 24.4 Å². The van der Waals surface area contributed by atoms with E-state index >= 15 is 0 Å². The van der Waals surface area contributed by atoms with Gasteiger partial charge in [0.1, 0.15) is 5.82 Å². The number of pyridine rings is 1. The molecular formula is C15H19N3O2S. The van der Waals surface area contributed by atoms with Crippen molar-refractivity contribution >= 4 is 23.1 Å². The van der Waals surface area contributed by atoms with Gasteiger partial charge in [0.2, 0.25) is 0 Å². The number of rotatable bonds is 7. The highest BCUT2D eigenvalue weighted by Gasteiger charge is 2.13. The fraction of sp³-hybridized carbons (Fsp3) is 0.333. The van der Waals surface area contributed by atoms with E-state index in [9.17, 15) is 9.90 Å². The molecule has 0 aromatic carbocycles. The second kappa shape index (κ2) is 7.75. The molecule has 0 aliphatic rings. The van der Waals surface area contributed by atoms with Crippen LogP contribution in [0.25, 0.3) is 0 Å². The Bertz CT molecular complexity index is 555. The summed E-state index contributed by atoms with van der Waals surface area (Å²) >= 11 is 1.64. The molecule has 1 amide bonds. The second-order valence-electron chi connectivity index (χ2n) is 4.52. The minimum atomic E-state index is -0.123. The van der Waals surface area contributed by atoms with Crippen LogP contribution in [-0.4, -0.2) is 29.1 Å². The average Bonchev–Trinajstić information content (AvgIpc) is 3.02. The van der Waals surface area contributed by atoms with Crippen molar-refractivity contribution in [2.75, 3.05) is 18.5 Å². The molecule has 1 unspecified atom stereocenters. The topological polar surface area (TPSA) is 74.2 Å². The van der Waals surface area contributed by atoms with E-state index in [-0.39, 0.29) is 18.6 Å². The lowest BCUT2D eigenvalue weighted by atomic mass is 10.1. The summed E-state index contributed by atoms with van der Waals surface area (Å²) in [6.07, 6.45) is 2.16. The number of carbonyl (C=O) groups is 1. The third-order valence-electron chi connectivity index (χ3n) is 2.99. The first-order chi connectivity index (χ1) is 10.2. The summed E-state index contributed by atoms with van der Waals surface area (Å²) in [5.41, 5.74) is 0.539. The van der Waals surface area contributed by atoms with Crippen LogP contribution in [-0.2, 0) is 0 Å². The zero-order valence-corrected chi connectivity index (χ0v) is 12.7. The van der Waals surface area contributed by atoms with E-state index in [1.165, 1.54) is 0 Å². The van der Waals surface area contributed by atoms with Gasteiger partial charge in [0.05, 0.1) is 11.6 Å². The van der Waals surface area contributed by atoms with Gasteiger partial charge in [-0.15, -0.1) is 11.3 Å². The number of carbonyl (C=O) groups excluding carboxylic acids is 1. The molecule has 0 aliphatic heterocycles. The number of aliphatic hydroxyl groups excluding tert-OH is 1. The minimum Gasteiger partial charge on any atom is -0.396 e. The number of nitrogens with zero attached hydrogens (tertiary/aromatic N) is 1. The molecule has 2 rings (SSSR count). The van der Waals surface area contributed by atoms with Crippen LogP contribution in [0.15, 0.2) is 35.8 Å². The molecule has 5 nitrogen and oxygen atoms in total. The Balaban J connectivity index is 2.06. The fourth-order valence-corrected chi connectivity index (χ4v) is 2.77. The van der Waals surface area contributed by atoms with Crippen molar-refractivity contribution in [1.29, 1.82) is 0 Å². The normalized spacial score (nSPS) is 11.9. The van der Waals surface area contributed by atoms with Gasteiger partial charge in [0.15, 0.2) is 0 Å². The number of hydrogen-bond donors (Lipinski definition) is 3. The van der Waals surface area contributed by atoms with E-state index in [0.717, 1.165) is 4.88 Å². The lowest BCUT2D eigenvalue weighted by molar-refractivity contribution is 0.0955. The van der Waals surface area contributed by atoms with Crippen LogP contribution in [0.5, 0.6) is 0 Å². The average molecular weight is 305 g/mol. The molecule has 21 heavy (non-hydrogen) atoms. The zero-order valence-electron chi connectivity index (χ0n) is 11.9. The first-order valence-electron chi connectivity index (χ1n) is 6.89. The number of aliphatic hydroxyl groups is 1. The molecule has 2 aromatic heterocycles. The van der Waals surface area contributed by atoms with E-state index in [2.05, 4.69) is 15.6 Å². The Hall–Kier alpha value is -1.92. The molecule has 0 aliphatic carbocycles. The monoisotopic (exact) mass is 305 g/mol. The van der Waals surface area contributed by atoms with Crippen LogP contribution in [0.3, 0.4) is 0 Å². The highest BCUT2D eigenvalue weighted by atomic mass is 32.1. The summed E-state index contributed by atoms with van der Waals surface area (Å²) in [7, 11) is 0. The molecule has 2 aromatic rings. The molecule has 3 N–H and O–H groups in total. The van der Waals surface area contributed by atoms with Crippen LogP contribution < -0.4 is 10.6 Å². The first kappa shape index (κ1) is 15.5. The van der Waals surface area contributed by atoms with E-state index in [0.29, 0.717) is 24.3 Å². The summed E-state index contributed by atoms with van der Waals surface area (Å²) in [6.45, 7) is 2.57. The quantitative estimate of drug-likeness (QED) is 0.734. The summed E-state index contributed by atoms with van der Waals surface area (Å²) in [6, 6.07) is 7.56. The summed E-state index contributed by atoms with van der Waals surface area (Å²) in [4.78, 5) is 17.1. The summed E-state index contributed by atoms with van der Waals surface area (Å²) in [5, 5.41) is 17.2. The number of amides is 1. The molecule has 0 spiro atoms. The first-order valence-corrected chi connectivity index (χ1v) is 7.77. The molecule has 0 saturated carbocycles. The van der Waals surface area contributed by atoms with Crippen molar-refractivity contribution in [3.63, 3.8) is 0 Å². The Labute approximate surface area is 128 Å². The number of nitrogens with one attached hydrogen (secondary N) is 2. The fourth-order valence-electron chi connectivity index (χ4n) is 1.96. The molecule has 0 saturated heterocycles. The van der Waals surface area contributed by atoms with Gasteiger partial charge in [-0.2, -0.15) is 0 Å². The lowest BCUT2D eigenvalue weighted by Gasteiger charge is -2.17. The van der Waals surface area contributed by atoms with E-state index < -0.39 is 0 Å². The molecule has 2 heterocycles. The van der Waals surface area contributed by atoms with Gasteiger partial charge in [-0.05, 0) is 36.9 Å². The van der Waals surface area contributed by atoms with Gasteiger partial charge < -0.3 is 15.7 Å². The van der Waals surface area contributed by atoms with Crippen molar-refractivity contribution in [2.45, 2.75) is 19.4 Å². The Morgan fingerprint density at radius 1 is 1.43 bits per heavy atom. The number of hydrogen-bond acceptors (Lipinski definition) is 5. The Morgan fingerprint density at radius 3 is 2.86 bits per heavy atom. The second-order valence-corrected chi connectivity index (χ2v) is 5.50. The van der Waals surface area contributed by atoms with Crippen molar-refractivity contribution in [2.24, 2.45) is 0 Å². The maximum atomic E-state index is 11.7. The van der Waals surface area contributed by atoms with Crippen molar-refractivity contribution in [3.8, 4) is 0 Å². The van der Waals surface area contributed by atoms with Gasteiger partial charge >= 0.3 is 0 Å². The Kier molecular flexibility index (Phi) is 5.71. The predicted octanol–water partition coefficient (Wildman–Crippen LogP) is 2.43. The highest BCUT2D eigenvalue weighted by molar-refractivity contribution is 7.10. The molecule has 1 atom stereocenters. The standard InChI is InChI=1S/C15H19N3O2S/c1-2-16-15(20)11-5-6-14(17-10-11)18-12(7-8-19)13-4-3-9-21-13/h3-6,9-10,12,19H,2,7-8H2,1H3,(H,16,20)(H,17,18). The predicted molar refractivity (Wildman–Crippen MR) is 84.6 cm³/mol. The maximum Gasteiger partial charge on any atom is 0.252 e. The van der Waals surface area contributed by atoms with E-state index in [1.54, 1.807) is 29.7 Å². The van der Waals surface area contributed by atoms with Crippen molar-refractivity contribution in [3.05, 3.63) is 46.3 Å². The number of aromatic nitrogens is 1. The zero-order chi connectivity index (χ0) is 15.1. The van der Waals surface area contributed by atoms with Gasteiger partial charge in [-0.3, -0.25) is 4.79 Å². The highest BCUT2D eigenvalue weighted by Crippen LogP contribution is 2.25. The molecule has 0 bridgehead atoms. The maximum absolute atomic E-state index is 11.7. The SMILES string of the molecule is CCNC(=O)c1ccc(NC(CCO)c2cccs2)nc1. The third kappa shape index (κ3) is 4.27. The summed E-state index contributed by atoms with van der Waals surface area (Å²) in [5.74, 6) is 0.566. The van der Waals surface area contributed by atoms with Crippen molar-refractivity contribution < 1.29 is 9.90 Å². The van der Waals surface area contributed by atoms with Gasteiger partial charge in [-0.25, -0.2) is 4.98 Å². The molecule has 0 fully saturated rings. The Morgan fingerprint density at radius 2 is 2.29 bits per heavy atom. The number of thiophene rings is 1. The van der Waals surface area contributed by atoms with Crippen LogP contribution in [0.4, 0.5) is 5.82 Å². The third-order valence-corrected chi connectivity index (χ3v) is 3.98. The molecule has 6 heteroatoms. The smallest absolute Gasteiger partial charge is 0.252 e. The summed E-state index contributed by atoms with van der Waals surface area (Å²) < 4.78 is 0. The van der Waals surface area contributed by atoms with Gasteiger partial charge in [0, 0.05) is 24.2 Å². The number of anilines is 1.